The van der Waals surface area contributed by atoms with Crippen LogP contribution in [0.15, 0.2) is 0 Å². The highest BCUT2D eigenvalue weighted by atomic mass is 16.6. The van der Waals surface area contributed by atoms with Gasteiger partial charge >= 0.3 is 6.03 Å². The van der Waals surface area contributed by atoms with Gasteiger partial charge in [-0.15, -0.1) is 0 Å². The van der Waals surface area contributed by atoms with Crippen LogP contribution in [0.5, 0.6) is 0 Å². The Hall–Kier alpha value is -0.810. The minimum absolute atomic E-state index is 0.205. The number of hydrogen-bond donors (Lipinski definition) is 3. The highest BCUT2D eigenvalue weighted by Gasteiger charge is 2.35. The van der Waals surface area contributed by atoms with Gasteiger partial charge in [0.05, 0.1) is 13.2 Å². The Bertz CT molecular complexity index is 223. The van der Waals surface area contributed by atoms with E-state index in [0.29, 0.717) is 6.54 Å². The topological polar surface area (TPSA) is 70.6 Å². The van der Waals surface area contributed by atoms with Gasteiger partial charge in [0, 0.05) is 12.0 Å². The van der Waals surface area contributed by atoms with E-state index in [4.69, 9.17) is 0 Å². The van der Waals surface area contributed by atoms with Gasteiger partial charge in [-0.25, -0.2) is 10.3 Å². The lowest BCUT2D eigenvalue weighted by molar-refractivity contribution is 0.00194. The largest absolute Gasteiger partial charge is 0.392 e. The predicted molar refractivity (Wildman–Crippen MR) is 56.1 cm³/mol. The van der Waals surface area contributed by atoms with Gasteiger partial charge in [0.2, 0.25) is 0 Å². The number of aliphatic hydroxyl groups is 1. The van der Waals surface area contributed by atoms with Crippen LogP contribution in [0, 0.1) is 5.41 Å². The molecule has 0 saturated heterocycles. The highest BCUT2D eigenvalue weighted by Crippen LogP contribution is 2.35. The second-order valence-corrected chi connectivity index (χ2v) is 4.40. The van der Waals surface area contributed by atoms with Crippen molar-refractivity contribution in [1.29, 1.82) is 0 Å². The molecule has 1 saturated carbocycles. The second-order valence-electron chi connectivity index (χ2n) is 4.40. The zero-order valence-corrected chi connectivity index (χ0v) is 9.38. The number of nitrogens with one attached hydrogen (secondary N) is 2. The molecule has 2 amide bonds. The molecule has 3 N–H and O–H groups in total. The van der Waals surface area contributed by atoms with Crippen molar-refractivity contribution in [2.45, 2.75) is 38.7 Å². The molecule has 0 aromatic rings. The normalized spacial score (nSPS) is 31.0. The Labute approximate surface area is 90.1 Å². The Morgan fingerprint density at radius 3 is 2.93 bits per heavy atom. The SMILES string of the molecule is CONC(=O)NC[C@@]1(C)CCCC[C@@H]1O. The Morgan fingerprint density at radius 1 is 1.60 bits per heavy atom. The maximum Gasteiger partial charge on any atom is 0.338 e. The molecule has 0 unspecified atom stereocenters. The monoisotopic (exact) mass is 216 g/mol. The number of carbonyl (C=O) groups excluding carboxylic acids is 1. The van der Waals surface area contributed by atoms with Crippen LogP contribution in [-0.4, -0.2) is 30.9 Å². The summed E-state index contributed by atoms with van der Waals surface area (Å²) in [4.78, 5) is 15.6. The summed E-state index contributed by atoms with van der Waals surface area (Å²) in [6, 6.07) is -0.364. The molecule has 0 aromatic heterocycles. The zero-order chi connectivity index (χ0) is 11.3. The lowest BCUT2D eigenvalue weighted by atomic mass is 9.73. The van der Waals surface area contributed by atoms with E-state index in [2.05, 4.69) is 15.6 Å². The smallest absolute Gasteiger partial charge is 0.338 e. The van der Waals surface area contributed by atoms with Gasteiger partial charge in [0.15, 0.2) is 0 Å². The molecule has 0 radical (unpaired) electrons. The van der Waals surface area contributed by atoms with Crippen molar-refractivity contribution in [2.24, 2.45) is 5.41 Å². The Kier molecular flexibility index (Phi) is 4.35. The first-order valence-electron chi connectivity index (χ1n) is 5.33. The quantitative estimate of drug-likeness (QED) is 0.611. The van der Waals surface area contributed by atoms with Gasteiger partial charge in [-0.3, -0.25) is 4.84 Å². The second kappa shape index (κ2) is 5.32. The number of carbonyl (C=O) groups is 1. The van der Waals surface area contributed by atoms with Crippen molar-refractivity contribution >= 4 is 6.03 Å². The average Bonchev–Trinajstić information content (AvgIpc) is 2.21. The molecule has 1 aliphatic rings. The van der Waals surface area contributed by atoms with Crippen molar-refractivity contribution in [3.63, 3.8) is 0 Å². The average molecular weight is 216 g/mol. The van der Waals surface area contributed by atoms with Crippen LogP contribution < -0.4 is 10.8 Å². The molecular weight excluding hydrogens is 196 g/mol. The van der Waals surface area contributed by atoms with E-state index in [1.807, 2.05) is 6.92 Å². The molecule has 0 heterocycles. The first-order chi connectivity index (χ1) is 7.08. The third-order valence-corrected chi connectivity index (χ3v) is 3.13. The Morgan fingerprint density at radius 2 is 2.33 bits per heavy atom. The summed E-state index contributed by atoms with van der Waals surface area (Å²) in [6.45, 7) is 2.48. The number of amides is 2. The van der Waals surface area contributed by atoms with E-state index in [0.717, 1.165) is 25.7 Å². The maximum absolute atomic E-state index is 11.1. The number of urea groups is 1. The van der Waals surface area contributed by atoms with Crippen LogP contribution in [-0.2, 0) is 4.84 Å². The third kappa shape index (κ3) is 3.35. The standard InChI is InChI=1S/C10H20N2O3/c1-10(6-4-3-5-8(10)13)7-11-9(14)12-15-2/h8,13H,3-7H2,1-2H3,(H2,11,12,14)/t8-,10+/m0/s1. The molecule has 0 spiro atoms. The fourth-order valence-electron chi connectivity index (χ4n) is 2.00. The van der Waals surface area contributed by atoms with Gasteiger partial charge in [0.1, 0.15) is 0 Å². The lowest BCUT2D eigenvalue weighted by Gasteiger charge is -2.38. The third-order valence-electron chi connectivity index (χ3n) is 3.13. The van der Waals surface area contributed by atoms with Crippen molar-refractivity contribution in [3.05, 3.63) is 0 Å². The van der Waals surface area contributed by atoms with E-state index < -0.39 is 0 Å². The van der Waals surface area contributed by atoms with Gasteiger partial charge in [-0.2, -0.15) is 0 Å². The Balaban J connectivity index is 2.37. The van der Waals surface area contributed by atoms with Gasteiger partial charge in [-0.1, -0.05) is 19.8 Å². The maximum atomic E-state index is 11.1. The molecule has 1 rings (SSSR count). The summed E-state index contributed by atoms with van der Waals surface area (Å²) in [6.07, 6.45) is 3.63. The summed E-state index contributed by atoms with van der Waals surface area (Å²) in [5.74, 6) is 0. The molecule has 0 aromatic carbocycles. The van der Waals surface area contributed by atoms with Gasteiger partial charge in [-0.05, 0) is 12.8 Å². The van der Waals surface area contributed by atoms with Crippen LogP contribution in [0.25, 0.3) is 0 Å². The van der Waals surface area contributed by atoms with Crippen LogP contribution in [0.3, 0.4) is 0 Å². The van der Waals surface area contributed by atoms with E-state index in [1.54, 1.807) is 0 Å². The minimum Gasteiger partial charge on any atom is -0.392 e. The summed E-state index contributed by atoms with van der Waals surface area (Å²) in [5, 5.41) is 12.6. The van der Waals surface area contributed by atoms with Crippen LogP contribution >= 0.6 is 0 Å². The van der Waals surface area contributed by atoms with Crippen molar-refractivity contribution < 1.29 is 14.7 Å². The molecule has 5 nitrogen and oxygen atoms in total. The molecule has 5 heteroatoms. The molecular formula is C10H20N2O3. The molecule has 88 valence electrons. The van der Waals surface area contributed by atoms with Crippen molar-refractivity contribution in [2.75, 3.05) is 13.7 Å². The number of hydroxylamine groups is 1. The molecule has 0 bridgehead atoms. The van der Waals surface area contributed by atoms with E-state index in [9.17, 15) is 9.90 Å². The fourth-order valence-corrected chi connectivity index (χ4v) is 2.00. The zero-order valence-electron chi connectivity index (χ0n) is 9.38. The molecule has 0 aliphatic heterocycles. The lowest BCUT2D eigenvalue weighted by Crippen LogP contribution is -2.47. The summed E-state index contributed by atoms with van der Waals surface area (Å²) < 4.78 is 0. The van der Waals surface area contributed by atoms with E-state index in [1.165, 1.54) is 7.11 Å². The first-order valence-corrected chi connectivity index (χ1v) is 5.33. The molecule has 1 fully saturated rings. The van der Waals surface area contributed by atoms with Gasteiger partial charge in [0.25, 0.3) is 0 Å². The number of hydrogen-bond acceptors (Lipinski definition) is 3. The van der Waals surface area contributed by atoms with Crippen LogP contribution in [0.4, 0.5) is 4.79 Å². The summed E-state index contributed by atoms with van der Waals surface area (Å²) in [7, 11) is 1.39. The van der Waals surface area contributed by atoms with E-state index >= 15 is 0 Å². The predicted octanol–water partition coefficient (Wildman–Crippen LogP) is 0.788. The van der Waals surface area contributed by atoms with Crippen molar-refractivity contribution in [3.8, 4) is 0 Å². The molecule has 1 aliphatic carbocycles. The summed E-state index contributed by atoms with van der Waals surface area (Å²) >= 11 is 0. The minimum atomic E-state index is -0.364. The fraction of sp³-hybridized carbons (Fsp3) is 0.900. The molecule has 2 atom stereocenters. The van der Waals surface area contributed by atoms with E-state index in [-0.39, 0.29) is 17.6 Å². The number of aliphatic hydroxyl groups excluding tert-OH is 1. The van der Waals surface area contributed by atoms with Crippen LogP contribution in [0.2, 0.25) is 0 Å². The molecule has 15 heavy (non-hydrogen) atoms. The number of rotatable bonds is 3. The van der Waals surface area contributed by atoms with Gasteiger partial charge < -0.3 is 10.4 Å². The van der Waals surface area contributed by atoms with Crippen molar-refractivity contribution in [1.82, 2.24) is 10.8 Å². The van der Waals surface area contributed by atoms with Crippen LogP contribution in [0.1, 0.15) is 32.6 Å². The summed E-state index contributed by atoms with van der Waals surface area (Å²) in [5.41, 5.74) is 1.98. The highest BCUT2D eigenvalue weighted by molar-refractivity contribution is 5.72. The first kappa shape index (κ1) is 12.3.